The van der Waals surface area contributed by atoms with Crippen LogP contribution in [0.25, 0.3) is 0 Å². The Kier molecular flexibility index (Phi) is 6.25. The van der Waals surface area contributed by atoms with E-state index in [-0.39, 0.29) is 23.6 Å². The van der Waals surface area contributed by atoms with E-state index in [0.717, 1.165) is 25.7 Å². The first-order valence-electron chi connectivity index (χ1n) is 9.52. The summed E-state index contributed by atoms with van der Waals surface area (Å²) in [6.07, 6.45) is 6.46. The van der Waals surface area contributed by atoms with E-state index in [0.29, 0.717) is 38.6 Å². The molecule has 0 atom stereocenters. The second kappa shape index (κ2) is 8.83. The van der Waals surface area contributed by atoms with Gasteiger partial charge < -0.3 is 19.9 Å². The van der Waals surface area contributed by atoms with Crippen LogP contribution in [0.15, 0.2) is 6.33 Å². The average Bonchev–Trinajstić information content (AvgIpc) is 2.69. The Morgan fingerprint density at radius 2 is 1.96 bits per heavy atom. The zero-order valence-electron chi connectivity index (χ0n) is 15.6. The highest BCUT2D eigenvalue weighted by molar-refractivity contribution is 5.72. The van der Waals surface area contributed by atoms with E-state index in [2.05, 4.69) is 15.3 Å². The lowest BCUT2D eigenvalue weighted by molar-refractivity contribution is -0.383. The minimum atomic E-state index is -0.418. The van der Waals surface area contributed by atoms with Gasteiger partial charge in [-0.2, -0.15) is 0 Å². The number of hydrogen-bond donors (Lipinski definition) is 1. The molecule has 1 aromatic rings. The molecule has 1 N–H and O–H groups in total. The van der Waals surface area contributed by atoms with Crippen LogP contribution in [0.5, 0.6) is 0 Å². The summed E-state index contributed by atoms with van der Waals surface area (Å²) >= 11 is 0. The quantitative estimate of drug-likeness (QED) is 0.614. The predicted molar refractivity (Wildman–Crippen MR) is 100.0 cm³/mol. The minimum absolute atomic E-state index is 0.0901. The van der Waals surface area contributed by atoms with Crippen LogP contribution in [-0.2, 0) is 4.74 Å². The van der Waals surface area contributed by atoms with Gasteiger partial charge in [-0.1, -0.05) is 19.3 Å². The Hall–Kier alpha value is -2.65. The number of piperazine rings is 1. The van der Waals surface area contributed by atoms with Gasteiger partial charge in [0.05, 0.1) is 11.5 Å². The molecule has 10 nitrogen and oxygen atoms in total. The second-order valence-electron chi connectivity index (χ2n) is 6.80. The zero-order valence-corrected chi connectivity index (χ0v) is 15.6. The summed E-state index contributed by atoms with van der Waals surface area (Å²) in [7, 11) is 0. The van der Waals surface area contributed by atoms with Crippen LogP contribution in [0.3, 0.4) is 0 Å². The highest BCUT2D eigenvalue weighted by atomic mass is 16.6. The first-order chi connectivity index (χ1) is 13.1. The molecule has 3 rings (SSSR count). The molecule has 1 amide bonds. The van der Waals surface area contributed by atoms with Gasteiger partial charge in [0.15, 0.2) is 0 Å². The summed E-state index contributed by atoms with van der Waals surface area (Å²) in [4.78, 5) is 34.9. The van der Waals surface area contributed by atoms with Crippen molar-refractivity contribution >= 4 is 23.4 Å². The number of carbonyl (C=O) groups excluding carboxylic acids is 1. The Bertz CT molecular complexity index is 671. The normalized spacial score (nSPS) is 18.3. The predicted octanol–water partition coefficient (Wildman–Crippen LogP) is 2.41. The number of rotatable bonds is 5. The SMILES string of the molecule is CCOC(=O)N1CCN(c2ncnc(NC3CCCCC3)c2[N+](=O)[O-])CC1. The maximum atomic E-state index is 11.8. The number of nitrogens with one attached hydrogen (secondary N) is 1. The lowest BCUT2D eigenvalue weighted by Crippen LogP contribution is -2.49. The number of anilines is 2. The summed E-state index contributed by atoms with van der Waals surface area (Å²) in [5.41, 5.74) is -0.0901. The Balaban J connectivity index is 1.74. The molecule has 2 fully saturated rings. The molecule has 0 bridgehead atoms. The molecule has 1 saturated heterocycles. The van der Waals surface area contributed by atoms with Crippen molar-refractivity contribution in [1.82, 2.24) is 14.9 Å². The van der Waals surface area contributed by atoms with Crippen molar-refractivity contribution in [3.05, 3.63) is 16.4 Å². The van der Waals surface area contributed by atoms with Gasteiger partial charge in [0.1, 0.15) is 6.33 Å². The molecule has 27 heavy (non-hydrogen) atoms. The van der Waals surface area contributed by atoms with Gasteiger partial charge in [0.25, 0.3) is 0 Å². The lowest BCUT2D eigenvalue weighted by atomic mass is 9.95. The van der Waals surface area contributed by atoms with Crippen molar-refractivity contribution in [1.29, 1.82) is 0 Å². The summed E-state index contributed by atoms with van der Waals surface area (Å²) < 4.78 is 5.01. The molecule has 10 heteroatoms. The molecule has 0 spiro atoms. The monoisotopic (exact) mass is 378 g/mol. The largest absolute Gasteiger partial charge is 0.450 e. The molecule has 2 heterocycles. The smallest absolute Gasteiger partial charge is 0.409 e. The fourth-order valence-corrected chi connectivity index (χ4v) is 3.63. The Morgan fingerprint density at radius 3 is 2.59 bits per heavy atom. The molecule has 148 valence electrons. The number of carbonyl (C=O) groups is 1. The second-order valence-corrected chi connectivity index (χ2v) is 6.80. The van der Waals surface area contributed by atoms with Crippen molar-refractivity contribution < 1.29 is 14.5 Å². The van der Waals surface area contributed by atoms with Crippen LogP contribution in [0, 0.1) is 10.1 Å². The van der Waals surface area contributed by atoms with Gasteiger partial charge in [-0.3, -0.25) is 10.1 Å². The van der Waals surface area contributed by atoms with E-state index < -0.39 is 4.92 Å². The summed E-state index contributed by atoms with van der Waals surface area (Å²) in [5.74, 6) is 0.585. The number of aromatic nitrogens is 2. The molecular weight excluding hydrogens is 352 g/mol. The third-order valence-corrected chi connectivity index (χ3v) is 5.04. The van der Waals surface area contributed by atoms with Crippen molar-refractivity contribution in [2.24, 2.45) is 0 Å². The van der Waals surface area contributed by atoms with Gasteiger partial charge in [-0.25, -0.2) is 14.8 Å². The van der Waals surface area contributed by atoms with Crippen molar-refractivity contribution in [3.8, 4) is 0 Å². The van der Waals surface area contributed by atoms with Crippen LogP contribution in [0.1, 0.15) is 39.0 Å². The van der Waals surface area contributed by atoms with E-state index in [9.17, 15) is 14.9 Å². The zero-order chi connectivity index (χ0) is 19.2. The standard InChI is InChI=1S/C17H26N6O4/c1-2-27-17(24)22-10-8-21(9-11-22)16-14(23(25)26)15(18-12-19-16)20-13-6-4-3-5-7-13/h12-13H,2-11H2,1H3,(H,18,19,20). The third-order valence-electron chi connectivity index (χ3n) is 5.04. The number of nitrogens with zero attached hydrogens (tertiary/aromatic N) is 5. The molecule has 1 aliphatic heterocycles. The van der Waals surface area contributed by atoms with E-state index >= 15 is 0 Å². The average molecular weight is 378 g/mol. The lowest BCUT2D eigenvalue weighted by Gasteiger charge is -2.34. The van der Waals surface area contributed by atoms with E-state index in [1.165, 1.54) is 12.7 Å². The maximum absolute atomic E-state index is 11.8. The van der Waals surface area contributed by atoms with Gasteiger partial charge in [-0.05, 0) is 19.8 Å². The summed E-state index contributed by atoms with van der Waals surface area (Å²) in [6.45, 7) is 3.88. The van der Waals surface area contributed by atoms with Crippen LogP contribution in [0.2, 0.25) is 0 Å². The first kappa shape index (κ1) is 19.1. The molecule has 1 saturated carbocycles. The Morgan fingerprint density at radius 1 is 1.26 bits per heavy atom. The van der Waals surface area contributed by atoms with E-state index in [1.54, 1.807) is 11.8 Å². The van der Waals surface area contributed by atoms with Crippen LogP contribution < -0.4 is 10.2 Å². The third kappa shape index (κ3) is 4.55. The number of nitro groups is 1. The fraction of sp³-hybridized carbons (Fsp3) is 0.706. The van der Waals surface area contributed by atoms with Gasteiger partial charge in [0, 0.05) is 32.2 Å². The van der Waals surface area contributed by atoms with Gasteiger partial charge in [-0.15, -0.1) is 0 Å². The van der Waals surface area contributed by atoms with Crippen molar-refractivity contribution in [2.75, 3.05) is 43.0 Å². The minimum Gasteiger partial charge on any atom is -0.450 e. The molecule has 1 aromatic heterocycles. The molecule has 0 aromatic carbocycles. The number of hydrogen-bond acceptors (Lipinski definition) is 8. The van der Waals surface area contributed by atoms with E-state index in [4.69, 9.17) is 4.74 Å². The van der Waals surface area contributed by atoms with Crippen LogP contribution in [-0.4, -0.2) is 64.7 Å². The van der Waals surface area contributed by atoms with Gasteiger partial charge >= 0.3 is 11.8 Å². The van der Waals surface area contributed by atoms with Crippen molar-refractivity contribution in [3.63, 3.8) is 0 Å². The van der Waals surface area contributed by atoms with Crippen LogP contribution >= 0.6 is 0 Å². The topological polar surface area (TPSA) is 114 Å². The highest BCUT2D eigenvalue weighted by Gasteiger charge is 2.31. The fourth-order valence-electron chi connectivity index (χ4n) is 3.63. The van der Waals surface area contributed by atoms with Gasteiger partial charge in [0.2, 0.25) is 11.6 Å². The van der Waals surface area contributed by atoms with Crippen molar-refractivity contribution in [2.45, 2.75) is 45.1 Å². The Labute approximate surface area is 158 Å². The van der Waals surface area contributed by atoms with Crippen LogP contribution in [0.4, 0.5) is 22.1 Å². The summed E-state index contributed by atoms with van der Waals surface area (Å²) in [6, 6.07) is 0.209. The number of ether oxygens (including phenoxy) is 1. The first-order valence-corrected chi connectivity index (χ1v) is 9.52. The molecule has 2 aliphatic rings. The molecule has 0 unspecified atom stereocenters. The molecule has 1 aliphatic carbocycles. The maximum Gasteiger partial charge on any atom is 0.409 e. The number of amides is 1. The van der Waals surface area contributed by atoms with E-state index in [1.807, 2.05) is 4.90 Å². The molecule has 0 radical (unpaired) electrons. The molecular formula is C17H26N6O4. The highest BCUT2D eigenvalue weighted by Crippen LogP contribution is 2.34. The summed E-state index contributed by atoms with van der Waals surface area (Å²) in [5, 5.41) is 15.0.